The number of hydrogen-bond donors (Lipinski definition) is 0. The first-order chi connectivity index (χ1) is 6.24. The summed E-state index contributed by atoms with van der Waals surface area (Å²) in [5, 5.41) is 8.28. The maximum Gasteiger partial charge on any atom is 0.0966 e. The SMILES string of the molecule is Cc1cc(C#CCC#N)ccc1Br. The molecule has 0 fully saturated rings. The van der Waals surface area contributed by atoms with Crippen LogP contribution >= 0.6 is 15.9 Å². The van der Waals surface area contributed by atoms with Gasteiger partial charge in [-0.05, 0) is 30.7 Å². The molecule has 0 aromatic heterocycles. The third kappa shape index (κ3) is 2.93. The van der Waals surface area contributed by atoms with Gasteiger partial charge in [0, 0.05) is 10.0 Å². The van der Waals surface area contributed by atoms with E-state index in [0.29, 0.717) is 0 Å². The van der Waals surface area contributed by atoms with Crippen molar-refractivity contribution in [3.05, 3.63) is 33.8 Å². The monoisotopic (exact) mass is 233 g/mol. The Morgan fingerprint density at radius 1 is 1.46 bits per heavy atom. The van der Waals surface area contributed by atoms with Crippen molar-refractivity contribution in [3.8, 4) is 17.9 Å². The topological polar surface area (TPSA) is 23.8 Å². The van der Waals surface area contributed by atoms with E-state index in [1.165, 1.54) is 0 Å². The van der Waals surface area contributed by atoms with Crippen LogP contribution in [0.25, 0.3) is 0 Å². The molecular weight excluding hydrogens is 226 g/mol. The summed E-state index contributed by atoms with van der Waals surface area (Å²) in [5.41, 5.74) is 2.11. The van der Waals surface area contributed by atoms with Crippen molar-refractivity contribution in [2.45, 2.75) is 13.3 Å². The number of nitrogens with zero attached hydrogens (tertiary/aromatic N) is 1. The molecule has 1 rings (SSSR count). The fourth-order valence-corrected chi connectivity index (χ4v) is 1.15. The first kappa shape index (κ1) is 9.84. The Morgan fingerprint density at radius 2 is 2.23 bits per heavy atom. The number of benzene rings is 1. The molecule has 1 aromatic carbocycles. The van der Waals surface area contributed by atoms with Crippen LogP contribution in [0.4, 0.5) is 0 Å². The molecule has 0 amide bonds. The lowest BCUT2D eigenvalue weighted by atomic mass is 10.1. The number of aryl methyl sites for hydroxylation is 1. The van der Waals surface area contributed by atoms with Crippen LogP contribution in [0.3, 0.4) is 0 Å². The zero-order chi connectivity index (χ0) is 9.68. The Labute approximate surface area is 86.5 Å². The summed E-state index contributed by atoms with van der Waals surface area (Å²) in [6.45, 7) is 2.01. The molecule has 0 aliphatic carbocycles. The smallest absolute Gasteiger partial charge is 0.0966 e. The normalized spacial score (nSPS) is 8.38. The van der Waals surface area contributed by atoms with Crippen LogP contribution < -0.4 is 0 Å². The van der Waals surface area contributed by atoms with Gasteiger partial charge >= 0.3 is 0 Å². The van der Waals surface area contributed by atoms with Crippen molar-refractivity contribution >= 4 is 15.9 Å². The molecule has 0 unspecified atom stereocenters. The summed E-state index contributed by atoms with van der Waals surface area (Å²) in [7, 11) is 0. The van der Waals surface area contributed by atoms with Crippen LogP contribution in [-0.4, -0.2) is 0 Å². The second-order valence-corrected chi connectivity index (χ2v) is 3.45. The van der Waals surface area contributed by atoms with Gasteiger partial charge < -0.3 is 0 Å². The summed E-state index contributed by atoms with van der Waals surface area (Å²) in [4.78, 5) is 0. The molecule has 0 spiro atoms. The Kier molecular flexibility index (Phi) is 3.55. The summed E-state index contributed by atoms with van der Waals surface area (Å²) >= 11 is 3.41. The van der Waals surface area contributed by atoms with Gasteiger partial charge in [0.1, 0.15) is 0 Å². The van der Waals surface area contributed by atoms with Crippen LogP contribution in [0.5, 0.6) is 0 Å². The molecular formula is C11H8BrN. The fourth-order valence-electron chi connectivity index (χ4n) is 0.908. The minimum absolute atomic E-state index is 0.287. The largest absolute Gasteiger partial charge is 0.197 e. The zero-order valence-electron chi connectivity index (χ0n) is 7.26. The highest BCUT2D eigenvalue weighted by molar-refractivity contribution is 9.10. The summed E-state index contributed by atoms with van der Waals surface area (Å²) in [6.07, 6.45) is 0.287. The molecule has 0 bridgehead atoms. The highest BCUT2D eigenvalue weighted by Gasteiger charge is 1.93. The summed E-state index contributed by atoms with van der Waals surface area (Å²) in [6, 6.07) is 7.87. The summed E-state index contributed by atoms with van der Waals surface area (Å²) < 4.78 is 1.08. The lowest BCUT2D eigenvalue weighted by molar-refractivity contribution is 1.39. The maximum absolute atomic E-state index is 8.28. The molecule has 0 saturated carbocycles. The van der Waals surface area contributed by atoms with E-state index in [1.807, 2.05) is 31.2 Å². The fraction of sp³-hybridized carbons (Fsp3) is 0.182. The molecule has 1 aromatic rings. The van der Waals surface area contributed by atoms with Gasteiger partial charge in [0.25, 0.3) is 0 Å². The predicted octanol–water partition coefficient (Wildman–Crippen LogP) is 3.02. The van der Waals surface area contributed by atoms with Crippen molar-refractivity contribution in [2.24, 2.45) is 0 Å². The number of hydrogen-bond acceptors (Lipinski definition) is 1. The molecule has 0 radical (unpaired) electrons. The van der Waals surface area contributed by atoms with Gasteiger partial charge in [-0.1, -0.05) is 27.8 Å². The highest BCUT2D eigenvalue weighted by Crippen LogP contribution is 2.16. The molecule has 64 valence electrons. The van der Waals surface area contributed by atoms with Crippen molar-refractivity contribution in [1.29, 1.82) is 5.26 Å². The van der Waals surface area contributed by atoms with Crippen molar-refractivity contribution in [3.63, 3.8) is 0 Å². The predicted molar refractivity (Wildman–Crippen MR) is 56.0 cm³/mol. The van der Waals surface area contributed by atoms with E-state index in [2.05, 4.69) is 27.8 Å². The van der Waals surface area contributed by atoms with Crippen molar-refractivity contribution in [2.75, 3.05) is 0 Å². The number of rotatable bonds is 0. The second-order valence-electron chi connectivity index (χ2n) is 2.60. The van der Waals surface area contributed by atoms with Crippen LogP contribution in [-0.2, 0) is 0 Å². The van der Waals surface area contributed by atoms with Crippen molar-refractivity contribution in [1.82, 2.24) is 0 Å². The van der Waals surface area contributed by atoms with Gasteiger partial charge in [0.2, 0.25) is 0 Å². The molecule has 0 heterocycles. The first-order valence-electron chi connectivity index (χ1n) is 3.86. The third-order valence-electron chi connectivity index (χ3n) is 1.56. The number of halogens is 1. The van der Waals surface area contributed by atoms with Gasteiger partial charge in [-0.15, -0.1) is 0 Å². The van der Waals surface area contributed by atoms with Crippen molar-refractivity contribution < 1.29 is 0 Å². The first-order valence-corrected chi connectivity index (χ1v) is 4.65. The molecule has 2 heteroatoms. The second kappa shape index (κ2) is 4.70. The van der Waals surface area contributed by atoms with Gasteiger partial charge in [0.15, 0.2) is 0 Å². The highest BCUT2D eigenvalue weighted by atomic mass is 79.9. The molecule has 0 aliphatic heterocycles. The minimum Gasteiger partial charge on any atom is -0.197 e. The van der Waals surface area contributed by atoms with E-state index < -0.39 is 0 Å². The van der Waals surface area contributed by atoms with Crippen LogP contribution in [0.2, 0.25) is 0 Å². The number of nitriles is 1. The maximum atomic E-state index is 8.28. The molecule has 13 heavy (non-hydrogen) atoms. The standard InChI is InChI=1S/C11H8BrN/c1-9-8-10(4-2-3-7-13)5-6-11(9)12/h5-6,8H,3H2,1H3. The van der Waals surface area contributed by atoms with Crippen LogP contribution in [0.15, 0.2) is 22.7 Å². The lowest BCUT2D eigenvalue weighted by Crippen LogP contribution is -1.78. The van der Waals surface area contributed by atoms with Gasteiger partial charge in [-0.3, -0.25) is 0 Å². The van der Waals surface area contributed by atoms with E-state index in [0.717, 1.165) is 15.6 Å². The van der Waals surface area contributed by atoms with Crippen LogP contribution in [0.1, 0.15) is 17.5 Å². The molecule has 0 N–H and O–H groups in total. The van der Waals surface area contributed by atoms with E-state index in [-0.39, 0.29) is 6.42 Å². The minimum atomic E-state index is 0.287. The molecule has 0 atom stereocenters. The van der Waals surface area contributed by atoms with Gasteiger partial charge in [-0.2, -0.15) is 5.26 Å². The van der Waals surface area contributed by atoms with Gasteiger partial charge in [-0.25, -0.2) is 0 Å². The lowest BCUT2D eigenvalue weighted by Gasteiger charge is -1.96. The molecule has 0 saturated heterocycles. The van der Waals surface area contributed by atoms with E-state index in [1.54, 1.807) is 0 Å². The van der Waals surface area contributed by atoms with Crippen LogP contribution in [0, 0.1) is 30.1 Å². The average molecular weight is 234 g/mol. The van der Waals surface area contributed by atoms with Gasteiger partial charge in [0.05, 0.1) is 12.5 Å². The van der Waals surface area contributed by atoms with E-state index in [4.69, 9.17) is 5.26 Å². The quantitative estimate of drug-likeness (QED) is 0.633. The van der Waals surface area contributed by atoms with E-state index in [9.17, 15) is 0 Å². The Hall–Kier alpha value is -1.25. The molecule has 1 nitrogen and oxygen atoms in total. The summed E-state index contributed by atoms with van der Waals surface area (Å²) in [5.74, 6) is 5.69. The zero-order valence-corrected chi connectivity index (χ0v) is 8.85. The third-order valence-corrected chi connectivity index (χ3v) is 2.45. The Balaban J connectivity index is 2.89. The Morgan fingerprint density at radius 3 is 2.85 bits per heavy atom. The molecule has 0 aliphatic rings. The van der Waals surface area contributed by atoms with E-state index >= 15 is 0 Å². The Bertz CT molecular complexity index is 404. The average Bonchev–Trinajstić information content (AvgIpc) is 2.12.